The Balaban J connectivity index is 3.01. The summed E-state index contributed by atoms with van der Waals surface area (Å²) in [6, 6.07) is 0. The van der Waals surface area contributed by atoms with Crippen molar-refractivity contribution in [1.29, 1.82) is 0 Å². The Labute approximate surface area is 116 Å². The lowest BCUT2D eigenvalue weighted by molar-refractivity contribution is -0.0914. The first-order chi connectivity index (χ1) is 9.54. The van der Waals surface area contributed by atoms with E-state index in [4.69, 9.17) is 15.2 Å². The number of anilines is 2. The highest BCUT2D eigenvalue weighted by atomic mass is 16.7. The molecule has 1 heterocycles. The molecule has 0 aliphatic heterocycles. The maximum atomic E-state index is 11.8. The average Bonchev–Trinajstić information content (AvgIpc) is 2.42. The topological polar surface area (TPSA) is 111 Å². The Morgan fingerprint density at radius 3 is 2.55 bits per heavy atom. The number of hydrogen-bond acceptors (Lipinski definition) is 6. The summed E-state index contributed by atoms with van der Waals surface area (Å²) in [6.07, 6.45) is 1.21. The van der Waals surface area contributed by atoms with E-state index in [1.807, 2.05) is 6.92 Å². The molecule has 1 rings (SSSR count). The van der Waals surface area contributed by atoms with Crippen molar-refractivity contribution in [2.75, 3.05) is 31.8 Å². The second kappa shape index (κ2) is 7.71. The largest absolute Gasteiger partial charge is 0.383 e. The molecule has 20 heavy (non-hydrogen) atoms. The smallest absolute Gasteiger partial charge is 0.330 e. The van der Waals surface area contributed by atoms with Gasteiger partial charge in [-0.05, 0) is 6.42 Å². The first kappa shape index (κ1) is 16.3. The number of H-pyrrole nitrogens is 1. The summed E-state index contributed by atoms with van der Waals surface area (Å²) in [5.41, 5.74) is 5.00. The summed E-state index contributed by atoms with van der Waals surface area (Å²) >= 11 is 0. The van der Waals surface area contributed by atoms with Gasteiger partial charge in [0.2, 0.25) is 0 Å². The van der Waals surface area contributed by atoms with Gasteiger partial charge in [0.25, 0.3) is 5.56 Å². The molecule has 0 aliphatic rings. The molecule has 1 aromatic heterocycles. The Morgan fingerprint density at radius 2 is 2.00 bits per heavy atom. The molecule has 0 bridgehead atoms. The van der Waals surface area contributed by atoms with Crippen LogP contribution in [0.5, 0.6) is 0 Å². The minimum Gasteiger partial charge on any atom is -0.383 e. The second-order valence-corrected chi connectivity index (χ2v) is 4.31. The van der Waals surface area contributed by atoms with Gasteiger partial charge in [-0.25, -0.2) is 4.79 Å². The number of aromatic amines is 1. The average molecular weight is 286 g/mol. The van der Waals surface area contributed by atoms with Crippen molar-refractivity contribution in [3.63, 3.8) is 0 Å². The number of methoxy groups -OCH3 is 2. The highest BCUT2D eigenvalue weighted by Gasteiger charge is 2.13. The number of rotatable bonds is 8. The standard InChI is InChI=1S/C12H22N4O4/c1-4-5-6-16-10(13)9(11(17)15-12(16)18)14-7-8(19-2)20-3/h8,14H,4-7,13H2,1-3H3,(H,15,17,18). The first-order valence-electron chi connectivity index (χ1n) is 6.47. The van der Waals surface area contributed by atoms with Gasteiger partial charge < -0.3 is 20.5 Å². The van der Waals surface area contributed by atoms with Gasteiger partial charge >= 0.3 is 5.69 Å². The molecule has 4 N–H and O–H groups in total. The third kappa shape index (κ3) is 3.84. The fraction of sp³-hybridized carbons (Fsp3) is 0.667. The van der Waals surface area contributed by atoms with Gasteiger partial charge in [0.05, 0.1) is 6.54 Å². The van der Waals surface area contributed by atoms with Gasteiger partial charge in [-0.1, -0.05) is 13.3 Å². The van der Waals surface area contributed by atoms with E-state index in [1.165, 1.54) is 18.8 Å². The van der Waals surface area contributed by atoms with Crippen LogP contribution in [0.3, 0.4) is 0 Å². The molecular weight excluding hydrogens is 264 g/mol. The summed E-state index contributed by atoms with van der Waals surface area (Å²) in [4.78, 5) is 25.7. The van der Waals surface area contributed by atoms with Crippen LogP contribution in [0, 0.1) is 0 Å². The molecule has 0 aromatic carbocycles. The minimum atomic E-state index is -0.550. The van der Waals surface area contributed by atoms with E-state index < -0.39 is 17.5 Å². The summed E-state index contributed by atoms with van der Waals surface area (Å²) in [6.45, 7) is 2.71. The molecule has 0 amide bonds. The van der Waals surface area contributed by atoms with Gasteiger partial charge in [-0.15, -0.1) is 0 Å². The lowest BCUT2D eigenvalue weighted by Gasteiger charge is -2.17. The molecule has 8 nitrogen and oxygen atoms in total. The molecule has 0 unspecified atom stereocenters. The Hall–Kier alpha value is -1.80. The van der Waals surface area contributed by atoms with Crippen LogP contribution in [0.15, 0.2) is 9.59 Å². The monoisotopic (exact) mass is 286 g/mol. The third-order valence-corrected chi connectivity index (χ3v) is 2.95. The van der Waals surface area contributed by atoms with Crippen molar-refractivity contribution >= 4 is 11.5 Å². The number of nitrogen functional groups attached to an aromatic ring is 1. The SMILES string of the molecule is CCCCn1c(N)c(NCC(OC)OC)c(=O)[nH]c1=O. The lowest BCUT2D eigenvalue weighted by atomic mass is 10.3. The van der Waals surface area contributed by atoms with Crippen molar-refractivity contribution in [2.45, 2.75) is 32.6 Å². The molecule has 0 saturated heterocycles. The van der Waals surface area contributed by atoms with Crippen LogP contribution in [0.2, 0.25) is 0 Å². The third-order valence-electron chi connectivity index (χ3n) is 2.95. The van der Waals surface area contributed by atoms with Crippen LogP contribution >= 0.6 is 0 Å². The second-order valence-electron chi connectivity index (χ2n) is 4.31. The number of aromatic nitrogens is 2. The molecule has 0 spiro atoms. The quantitative estimate of drug-likeness (QED) is 0.578. The predicted molar refractivity (Wildman–Crippen MR) is 76.9 cm³/mol. The fourth-order valence-electron chi connectivity index (χ4n) is 1.75. The Bertz CT molecular complexity index is 533. The van der Waals surface area contributed by atoms with Gasteiger partial charge in [-0.2, -0.15) is 0 Å². The van der Waals surface area contributed by atoms with Crippen LogP contribution in [-0.4, -0.2) is 36.6 Å². The van der Waals surface area contributed by atoms with E-state index in [9.17, 15) is 9.59 Å². The maximum absolute atomic E-state index is 11.8. The lowest BCUT2D eigenvalue weighted by Crippen LogP contribution is -2.35. The van der Waals surface area contributed by atoms with Gasteiger partial charge in [0.15, 0.2) is 6.29 Å². The normalized spacial score (nSPS) is 11.0. The summed E-state index contributed by atoms with van der Waals surface area (Å²) in [5, 5.41) is 2.85. The van der Waals surface area contributed by atoms with Crippen LogP contribution in [0.1, 0.15) is 19.8 Å². The van der Waals surface area contributed by atoms with Crippen molar-refractivity contribution in [3.8, 4) is 0 Å². The summed E-state index contributed by atoms with van der Waals surface area (Å²) in [7, 11) is 2.98. The molecule has 0 radical (unpaired) electrons. The molecular formula is C12H22N4O4. The molecule has 0 fully saturated rings. The van der Waals surface area contributed by atoms with E-state index >= 15 is 0 Å². The van der Waals surface area contributed by atoms with E-state index in [0.717, 1.165) is 12.8 Å². The van der Waals surface area contributed by atoms with Gasteiger partial charge in [-0.3, -0.25) is 14.3 Å². The number of unbranched alkanes of at least 4 members (excludes halogenated alkanes) is 1. The number of hydrogen-bond donors (Lipinski definition) is 3. The minimum absolute atomic E-state index is 0.123. The zero-order valence-corrected chi connectivity index (χ0v) is 12.1. The highest BCUT2D eigenvalue weighted by molar-refractivity contribution is 5.60. The summed E-state index contributed by atoms with van der Waals surface area (Å²) < 4.78 is 11.4. The molecule has 0 saturated carbocycles. The van der Waals surface area contributed by atoms with Crippen LogP contribution in [0.4, 0.5) is 11.5 Å². The molecule has 1 aromatic rings. The van der Waals surface area contributed by atoms with Gasteiger partial charge in [0, 0.05) is 20.8 Å². The highest BCUT2D eigenvalue weighted by Crippen LogP contribution is 2.11. The zero-order chi connectivity index (χ0) is 15.1. The number of ether oxygens (including phenoxy) is 2. The van der Waals surface area contributed by atoms with Gasteiger partial charge in [0.1, 0.15) is 11.5 Å². The maximum Gasteiger partial charge on any atom is 0.330 e. The fourth-order valence-corrected chi connectivity index (χ4v) is 1.75. The molecule has 8 heteroatoms. The number of nitrogens with zero attached hydrogens (tertiary/aromatic N) is 1. The first-order valence-corrected chi connectivity index (χ1v) is 6.47. The predicted octanol–water partition coefficient (Wildman–Crippen LogP) is -0.0503. The number of nitrogens with two attached hydrogens (primary N) is 1. The van der Waals surface area contributed by atoms with E-state index in [0.29, 0.717) is 6.54 Å². The molecule has 0 aliphatic carbocycles. The number of nitrogens with one attached hydrogen (secondary N) is 2. The Morgan fingerprint density at radius 1 is 1.35 bits per heavy atom. The molecule has 114 valence electrons. The summed E-state index contributed by atoms with van der Waals surface area (Å²) in [5.74, 6) is 0.123. The van der Waals surface area contributed by atoms with E-state index in [-0.39, 0.29) is 18.1 Å². The Kier molecular flexibility index (Phi) is 6.26. The van der Waals surface area contributed by atoms with Crippen molar-refractivity contribution in [2.24, 2.45) is 0 Å². The van der Waals surface area contributed by atoms with E-state index in [2.05, 4.69) is 10.3 Å². The van der Waals surface area contributed by atoms with Crippen LogP contribution in [0.25, 0.3) is 0 Å². The van der Waals surface area contributed by atoms with Crippen LogP contribution < -0.4 is 22.3 Å². The van der Waals surface area contributed by atoms with Crippen molar-refractivity contribution in [1.82, 2.24) is 9.55 Å². The van der Waals surface area contributed by atoms with Crippen molar-refractivity contribution in [3.05, 3.63) is 20.8 Å². The van der Waals surface area contributed by atoms with E-state index in [1.54, 1.807) is 0 Å². The van der Waals surface area contributed by atoms with Crippen LogP contribution in [-0.2, 0) is 16.0 Å². The van der Waals surface area contributed by atoms with Crippen molar-refractivity contribution < 1.29 is 9.47 Å². The molecule has 0 atom stereocenters. The zero-order valence-electron chi connectivity index (χ0n) is 12.1.